The zero-order chi connectivity index (χ0) is 8.81. The molecule has 70 valence electrons. The Balaban J connectivity index is 2.12. The topological polar surface area (TPSA) is 61.9 Å². The third-order valence-electron chi connectivity index (χ3n) is 2.23. The number of nitrogens with two attached hydrogens (primary N) is 1. The van der Waals surface area contributed by atoms with Crippen LogP contribution in [-0.4, -0.2) is 55.7 Å². The lowest BCUT2D eigenvalue weighted by Gasteiger charge is -2.33. The molecule has 0 aliphatic carbocycles. The van der Waals surface area contributed by atoms with Crippen LogP contribution in [0.15, 0.2) is 5.18 Å². The Kier molecular flexibility index (Phi) is 4.13. The Morgan fingerprint density at radius 3 is 2.25 bits per heavy atom. The summed E-state index contributed by atoms with van der Waals surface area (Å²) < 4.78 is 0. The number of rotatable bonds is 4. The average molecular weight is 172 g/mol. The van der Waals surface area contributed by atoms with Crippen LogP contribution in [0.1, 0.15) is 0 Å². The summed E-state index contributed by atoms with van der Waals surface area (Å²) in [7, 11) is 0. The van der Waals surface area contributed by atoms with Crippen LogP contribution in [0.4, 0.5) is 0 Å². The minimum Gasteiger partial charge on any atom is -0.318 e. The Labute approximate surface area is 72.5 Å². The van der Waals surface area contributed by atoms with Crippen molar-refractivity contribution in [3.8, 4) is 0 Å². The van der Waals surface area contributed by atoms with Gasteiger partial charge in [0, 0.05) is 39.4 Å². The van der Waals surface area contributed by atoms with Gasteiger partial charge in [-0.25, -0.2) is 0 Å². The molecular formula is C7H16N4O. The Morgan fingerprint density at radius 1 is 1.17 bits per heavy atom. The van der Waals surface area contributed by atoms with Crippen LogP contribution < -0.4 is 5.73 Å². The lowest BCUT2D eigenvalue weighted by atomic mass is 10.3. The maximum Gasteiger partial charge on any atom is 0.0938 e. The third-order valence-corrected chi connectivity index (χ3v) is 2.23. The van der Waals surface area contributed by atoms with E-state index in [1.807, 2.05) is 0 Å². The largest absolute Gasteiger partial charge is 0.318 e. The molecular weight excluding hydrogens is 156 g/mol. The molecule has 0 amide bonds. The van der Waals surface area contributed by atoms with Crippen molar-refractivity contribution in [2.75, 3.05) is 45.9 Å². The molecule has 1 rings (SSSR count). The average Bonchev–Trinajstić information content (AvgIpc) is 2.15. The van der Waals surface area contributed by atoms with Crippen molar-refractivity contribution >= 4 is 0 Å². The Bertz CT molecular complexity index is 133. The SMILES string of the molecule is NCN1CCN(CCN=O)CC1. The van der Waals surface area contributed by atoms with Gasteiger partial charge in [-0.1, -0.05) is 5.18 Å². The fourth-order valence-electron chi connectivity index (χ4n) is 1.38. The Hall–Kier alpha value is -0.520. The van der Waals surface area contributed by atoms with Crippen molar-refractivity contribution in [1.82, 2.24) is 9.80 Å². The molecule has 12 heavy (non-hydrogen) atoms. The Morgan fingerprint density at radius 2 is 1.75 bits per heavy atom. The van der Waals surface area contributed by atoms with E-state index in [-0.39, 0.29) is 0 Å². The fraction of sp³-hybridized carbons (Fsp3) is 1.00. The molecule has 0 saturated carbocycles. The second-order valence-corrected chi connectivity index (χ2v) is 2.99. The van der Waals surface area contributed by atoms with E-state index >= 15 is 0 Å². The van der Waals surface area contributed by atoms with Crippen LogP contribution in [0.2, 0.25) is 0 Å². The predicted octanol–water partition coefficient (Wildman–Crippen LogP) is -0.713. The minimum atomic E-state index is 0.405. The highest BCUT2D eigenvalue weighted by molar-refractivity contribution is 4.70. The van der Waals surface area contributed by atoms with Crippen LogP contribution in [0, 0.1) is 4.91 Å². The molecule has 0 aromatic heterocycles. The fourth-order valence-corrected chi connectivity index (χ4v) is 1.38. The van der Waals surface area contributed by atoms with Gasteiger partial charge in [-0.2, -0.15) is 4.91 Å². The van der Waals surface area contributed by atoms with Crippen LogP contribution in [-0.2, 0) is 0 Å². The maximum atomic E-state index is 9.86. The summed E-state index contributed by atoms with van der Waals surface area (Å²) in [6, 6.07) is 0. The quantitative estimate of drug-likeness (QED) is 0.569. The van der Waals surface area contributed by atoms with Crippen LogP contribution in [0.25, 0.3) is 0 Å². The number of hydrogen-bond donors (Lipinski definition) is 1. The van der Waals surface area contributed by atoms with Crippen molar-refractivity contribution in [3.05, 3.63) is 4.91 Å². The molecule has 0 spiro atoms. The van der Waals surface area contributed by atoms with Gasteiger partial charge in [0.05, 0.1) is 6.54 Å². The lowest BCUT2D eigenvalue weighted by Crippen LogP contribution is -2.48. The summed E-state index contributed by atoms with van der Waals surface area (Å²) >= 11 is 0. The summed E-state index contributed by atoms with van der Waals surface area (Å²) in [6.07, 6.45) is 0. The monoisotopic (exact) mass is 172 g/mol. The van der Waals surface area contributed by atoms with E-state index in [0.717, 1.165) is 32.7 Å². The lowest BCUT2D eigenvalue weighted by molar-refractivity contribution is 0.138. The molecule has 5 heteroatoms. The highest BCUT2D eigenvalue weighted by atomic mass is 16.3. The molecule has 2 N–H and O–H groups in total. The molecule has 0 atom stereocenters. The third kappa shape index (κ3) is 2.84. The highest BCUT2D eigenvalue weighted by Crippen LogP contribution is 1.98. The molecule has 0 aromatic rings. The van der Waals surface area contributed by atoms with Crippen molar-refractivity contribution in [2.45, 2.75) is 0 Å². The van der Waals surface area contributed by atoms with E-state index in [1.165, 1.54) is 0 Å². The van der Waals surface area contributed by atoms with Gasteiger partial charge in [-0.05, 0) is 0 Å². The molecule has 1 fully saturated rings. The molecule has 0 aromatic carbocycles. The standard InChI is InChI=1S/C7H16N4O/c8-7-11-5-3-10(4-6-11)2-1-9-12/h1-8H2. The molecule has 1 aliphatic rings. The molecule has 1 aliphatic heterocycles. The number of hydrogen-bond acceptors (Lipinski definition) is 5. The van der Waals surface area contributed by atoms with Crippen molar-refractivity contribution in [1.29, 1.82) is 0 Å². The second kappa shape index (κ2) is 5.18. The molecule has 1 heterocycles. The number of nitroso groups, excluding NO2 is 1. The first kappa shape index (κ1) is 9.57. The normalized spacial score (nSPS) is 21.1. The van der Waals surface area contributed by atoms with Gasteiger partial charge in [-0.3, -0.25) is 9.80 Å². The van der Waals surface area contributed by atoms with E-state index in [0.29, 0.717) is 13.2 Å². The maximum absolute atomic E-state index is 9.86. The van der Waals surface area contributed by atoms with Gasteiger partial charge >= 0.3 is 0 Å². The summed E-state index contributed by atoms with van der Waals surface area (Å²) in [5.74, 6) is 0. The van der Waals surface area contributed by atoms with Crippen LogP contribution in [0.5, 0.6) is 0 Å². The van der Waals surface area contributed by atoms with Gasteiger partial charge in [0.2, 0.25) is 0 Å². The number of nitrogens with zero attached hydrogens (tertiary/aromatic N) is 3. The summed E-state index contributed by atoms with van der Waals surface area (Å²) in [6.45, 7) is 5.87. The van der Waals surface area contributed by atoms with E-state index < -0.39 is 0 Å². The molecule has 1 saturated heterocycles. The molecule has 5 nitrogen and oxygen atoms in total. The van der Waals surface area contributed by atoms with Gasteiger partial charge in [0.15, 0.2) is 0 Å². The summed E-state index contributed by atoms with van der Waals surface area (Å²) in [5, 5.41) is 2.84. The highest BCUT2D eigenvalue weighted by Gasteiger charge is 2.14. The predicted molar refractivity (Wildman–Crippen MR) is 47.7 cm³/mol. The van der Waals surface area contributed by atoms with Gasteiger partial charge in [0.25, 0.3) is 0 Å². The first-order valence-electron chi connectivity index (χ1n) is 4.30. The molecule has 0 bridgehead atoms. The van der Waals surface area contributed by atoms with E-state index in [9.17, 15) is 4.91 Å². The van der Waals surface area contributed by atoms with Crippen molar-refractivity contribution < 1.29 is 0 Å². The van der Waals surface area contributed by atoms with Crippen LogP contribution >= 0.6 is 0 Å². The minimum absolute atomic E-state index is 0.405. The first-order valence-corrected chi connectivity index (χ1v) is 4.30. The van der Waals surface area contributed by atoms with E-state index in [4.69, 9.17) is 5.73 Å². The van der Waals surface area contributed by atoms with Gasteiger partial charge in [0.1, 0.15) is 0 Å². The molecule has 0 unspecified atom stereocenters. The van der Waals surface area contributed by atoms with E-state index in [2.05, 4.69) is 15.0 Å². The zero-order valence-electron chi connectivity index (χ0n) is 7.28. The summed E-state index contributed by atoms with van der Waals surface area (Å²) in [5.41, 5.74) is 5.49. The van der Waals surface area contributed by atoms with Crippen molar-refractivity contribution in [2.24, 2.45) is 10.9 Å². The smallest absolute Gasteiger partial charge is 0.0938 e. The molecule has 0 radical (unpaired) electrons. The zero-order valence-corrected chi connectivity index (χ0v) is 7.28. The first-order chi connectivity index (χ1) is 5.86. The summed E-state index contributed by atoms with van der Waals surface area (Å²) in [4.78, 5) is 14.3. The van der Waals surface area contributed by atoms with E-state index in [1.54, 1.807) is 0 Å². The van der Waals surface area contributed by atoms with Crippen molar-refractivity contribution in [3.63, 3.8) is 0 Å². The number of piperazine rings is 1. The van der Waals surface area contributed by atoms with Gasteiger partial charge < -0.3 is 5.73 Å². The van der Waals surface area contributed by atoms with Crippen LogP contribution in [0.3, 0.4) is 0 Å². The van der Waals surface area contributed by atoms with Gasteiger partial charge in [-0.15, -0.1) is 0 Å². The second-order valence-electron chi connectivity index (χ2n) is 2.99.